The van der Waals surface area contributed by atoms with Crippen molar-refractivity contribution in [3.63, 3.8) is 0 Å². The fourth-order valence-electron chi connectivity index (χ4n) is 1.79. The molecule has 0 unspecified atom stereocenters. The Balaban J connectivity index is 3.51. The van der Waals surface area contributed by atoms with Crippen molar-refractivity contribution in [2.45, 2.75) is 6.42 Å². The highest BCUT2D eigenvalue weighted by atomic mass is 16.5. The average Bonchev–Trinajstić information content (AvgIpc) is 2.47. The van der Waals surface area contributed by atoms with Crippen LogP contribution in [-0.2, 0) is 11.2 Å². The van der Waals surface area contributed by atoms with E-state index in [0.717, 1.165) is 0 Å². The first-order valence-corrected chi connectivity index (χ1v) is 5.81. The second-order valence-electron chi connectivity index (χ2n) is 3.75. The molecule has 20 heavy (non-hydrogen) atoms. The highest BCUT2D eigenvalue weighted by Gasteiger charge is 2.20. The number of nitrogens with one attached hydrogen (secondary N) is 1. The quantitative estimate of drug-likeness (QED) is 0.637. The summed E-state index contributed by atoms with van der Waals surface area (Å²) < 4.78 is 15.9. The Labute approximate surface area is 118 Å². The van der Waals surface area contributed by atoms with Crippen molar-refractivity contribution < 1.29 is 19.0 Å². The summed E-state index contributed by atoms with van der Waals surface area (Å²) in [4.78, 5) is 11.5. The van der Waals surface area contributed by atoms with Crippen molar-refractivity contribution in [3.8, 4) is 29.6 Å². The summed E-state index contributed by atoms with van der Waals surface area (Å²) >= 11 is 0. The highest BCUT2D eigenvalue weighted by molar-refractivity contribution is 6.00. The van der Waals surface area contributed by atoms with Gasteiger partial charge in [0.15, 0.2) is 11.5 Å². The average molecular weight is 275 g/mol. The maximum absolute atomic E-state index is 11.5. The third kappa shape index (κ3) is 3.04. The van der Waals surface area contributed by atoms with E-state index in [1.54, 1.807) is 6.07 Å². The monoisotopic (exact) mass is 275 g/mol. The van der Waals surface area contributed by atoms with E-state index in [9.17, 15) is 4.79 Å². The molecule has 0 bridgehead atoms. The lowest BCUT2D eigenvalue weighted by atomic mass is 10.1. The van der Waals surface area contributed by atoms with Gasteiger partial charge >= 0.3 is 0 Å². The summed E-state index contributed by atoms with van der Waals surface area (Å²) in [6.07, 6.45) is 6.81. The van der Waals surface area contributed by atoms with E-state index < -0.39 is 0 Å². The molecule has 0 aliphatic heterocycles. The Morgan fingerprint density at radius 3 is 2.45 bits per heavy atom. The van der Waals surface area contributed by atoms with Gasteiger partial charge in [-0.2, -0.15) is 0 Å². The predicted molar refractivity (Wildman–Crippen MR) is 77.5 cm³/mol. The van der Waals surface area contributed by atoms with Crippen LogP contribution in [0.2, 0.25) is 0 Å². The number of amides is 1. The first kappa shape index (κ1) is 15.4. The van der Waals surface area contributed by atoms with Gasteiger partial charge in [0.25, 0.3) is 0 Å². The van der Waals surface area contributed by atoms with Crippen molar-refractivity contribution in [2.75, 3.05) is 26.6 Å². The summed E-state index contributed by atoms with van der Waals surface area (Å²) in [5.41, 5.74) is 1.14. The summed E-state index contributed by atoms with van der Waals surface area (Å²) in [7, 11) is 4.50. The molecule has 5 nitrogen and oxygen atoms in total. The Hall–Kier alpha value is -2.61. The number of anilines is 1. The Morgan fingerprint density at radius 2 is 2.00 bits per heavy atom. The normalized spacial score (nSPS) is 9.30. The number of carbonyl (C=O) groups excluding carboxylic acids is 1. The Morgan fingerprint density at radius 1 is 1.35 bits per heavy atom. The largest absolute Gasteiger partial charge is 0.493 e. The van der Waals surface area contributed by atoms with Crippen LogP contribution >= 0.6 is 0 Å². The molecule has 0 atom stereocenters. The number of ether oxygens (including phenoxy) is 3. The standard InChI is InChI=1S/C15H17NO4/c1-6-8-10-11(16-13(17)7-2)9-12(18-3)15(20-5)14(10)19-4/h1,7,9H,2,8H2,3-5H3,(H,16,17). The molecule has 1 N–H and O–H groups in total. The minimum absolute atomic E-state index is 0.274. The molecule has 0 radical (unpaired) electrons. The van der Waals surface area contributed by atoms with Gasteiger partial charge in [0, 0.05) is 18.1 Å². The number of methoxy groups -OCH3 is 3. The molecule has 0 fully saturated rings. The van der Waals surface area contributed by atoms with Gasteiger partial charge in [0.1, 0.15) is 0 Å². The molecule has 0 heterocycles. The Kier molecular flexibility index (Phi) is 5.48. The van der Waals surface area contributed by atoms with Gasteiger partial charge in [0.2, 0.25) is 11.7 Å². The smallest absolute Gasteiger partial charge is 0.247 e. The molecule has 1 aromatic rings. The van der Waals surface area contributed by atoms with Gasteiger partial charge < -0.3 is 19.5 Å². The minimum Gasteiger partial charge on any atom is -0.493 e. The number of benzene rings is 1. The van der Waals surface area contributed by atoms with Crippen molar-refractivity contribution in [1.82, 2.24) is 0 Å². The van der Waals surface area contributed by atoms with Crippen LogP contribution < -0.4 is 19.5 Å². The van der Waals surface area contributed by atoms with Crippen LogP contribution in [0.3, 0.4) is 0 Å². The Bertz CT molecular complexity index is 558. The third-order valence-electron chi connectivity index (χ3n) is 2.65. The van der Waals surface area contributed by atoms with Crippen molar-refractivity contribution in [1.29, 1.82) is 0 Å². The van der Waals surface area contributed by atoms with Crippen LogP contribution in [0.4, 0.5) is 5.69 Å². The van der Waals surface area contributed by atoms with E-state index in [2.05, 4.69) is 17.8 Å². The van der Waals surface area contributed by atoms with Crippen LogP contribution in [0.15, 0.2) is 18.7 Å². The summed E-state index contributed by atoms with van der Waals surface area (Å²) in [6, 6.07) is 1.63. The number of rotatable bonds is 6. The van der Waals surface area contributed by atoms with Gasteiger partial charge in [-0.25, -0.2) is 0 Å². The first-order valence-electron chi connectivity index (χ1n) is 5.81. The van der Waals surface area contributed by atoms with Gasteiger partial charge in [0.05, 0.1) is 27.0 Å². The van der Waals surface area contributed by atoms with Crippen LogP contribution in [0.25, 0.3) is 0 Å². The fraction of sp³-hybridized carbons (Fsp3) is 0.267. The SMILES string of the molecule is C#CCc1c(NC(=O)C=C)cc(OC)c(OC)c1OC. The van der Waals surface area contributed by atoms with E-state index in [0.29, 0.717) is 28.5 Å². The summed E-state index contributed by atoms with van der Waals surface area (Å²) in [5.74, 6) is 3.47. The van der Waals surface area contributed by atoms with Crippen LogP contribution in [0.5, 0.6) is 17.2 Å². The molecular formula is C15H17NO4. The van der Waals surface area contributed by atoms with Crippen molar-refractivity contribution >= 4 is 11.6 Å². The molecule has 0 spiro atoms. The summed E-state index contributed by atoms with van der Waals surface area (Å²) in [5, 5.41) is 2.68. The lowest BCUT2D eigenvalue weighted by molar-refractivity contribution is -0.111. The zero-order chi connectivity index (χ0) is 15.1. The second-order valence-corrected chi connectivity index (χ2v) is 3.75. The lowest BCUT2D eigenvalue weighted by Crippen LogP contribution is -2.11. The molecular weight excluding hydrogens is 258 g/mol. The predicted octanol–water partition coefficient (Wildman–Crippen LogP) is 2.01. The van der Waals surface area contributed by atoms with E-state index in [1.165, 1.54) is 27.4 Å². The molecule has 0 aromatic heterocycles. The summed E-state index contributed by atoms with van der Waals surface area (Å²) in [6.45, 7) is 3.41. The first-order chi connectivity index (χ1) is 9.62. The van der Waals surface area contributed by atoms with Gasteiger partial charge in [-0.15, -0.1) is 12.3 Å². The van der Waals surface area contributed by atoms with Crippen LogP contribution in [0, 0.1) is 12.3 Å². The molecule has 0 aliphatic rings. The van der Waals surface area contributed by atoms with E-state index in [4.69, 9.17) is 20.6 Å². The van der Waals surface area contributed by atoms with E-state index in [1.807, 2.05) is 0 Å². The molecule has 106 valence electrons. The van der Waals surface area contributed by atoms with Gasteiger partial charge in [-0.3, -0.25) is 4.79 Å². The fourth-order valence-corrected chi connectivity index (χ4v) is 1.79. The maximum Gasteiger partial charge on any atom is 0.247 e. The zero-order valence-corrected chi connectivity index (χ0v) is 11.8. The van der Waals surface area contributed by atoms with Crippen LogP contribution in [-0.4, -0.2) is 27.2 Å². The molecule has 1 rings (SSSR count). The number of terminal acetylenes is 1. The minimum atomic E-state index is -0.349. The number of carbonyl (C=O) groups is 1. The molecule has 0 aliphatic carbocycles. The maximum atomic E-state index is 11.5. The molecule has 5 heteroatoms. The van der Waals surface area contributed by atoms with Crippen LogP contribution in [0.1, 0.15) is 5.56 Å². The third-order valence-corrected chi connectivity index (χ3v) is 2.65. The molecule has 0 saturated heterocycles. The molecule has 1 aromatic carbocycles. The number of hydrogen-bond donors (Lipinski definition) is 1. The number of hydrogen-bond acceptors (Lipinski definition) is 4. The van der Waals surface area contributed by atoms with Gasteiger partial charge in [-0.1, -0.05) is 6.58 Å². The van der Waals surface area contributed by atoms with E-state index >= 15 is 0 Å². The highest BCUT2D eigenvalue weighted by Crippen LogP contribution is 2.44. The van der Waals surface area contributed by atoms with Crippen molar-refractivity contribution in [2.24, 2.45) is 0 Å². The molecule has 1 amide bonds. The topological polar surface area (TPSA) is 56.8 Å². The molecule has 0 saturated carbocycles. The van der Waals surface area contributed by atoms with Gasteiger partial charge in [-0.05, 0) is 6.08 Å². The second kappa shape index (κ2) is 7.10. The van der Waals surface area contributed by atoms with Crippen molar-refractivity contribution in [3.05, 3.63) is 24.3 Å². The lowest BCUT2D eigenvalue weighted by Gasteiger charge is -2.18. The van der Waals surface area contributed by atoms with E-state index in [-0.39, 0.29) is 12.3 Å². The zero-order valence-electron chi connectivity index (χ0n) is 11.8.